The number of carboxylic acid groups (broad SMARTS) is 1. The van der Waals surface area contributed by atoms with Gasteiger partial charge in [-0.2, -0.15) is 4.31 Å². The fourth-order valence-corrected chi connectivity index (χ4v) is 3.15. The maximum Gasteiger partial charge on any atom is 0.335 e. The number of likely N-dealkylation sites (N-methyl/N-ethyl adjacent to an activating group) is 1. The van der Waals surface area contributed by atoms with Crippen molar-refractivity contribution in [2.75, 3.05) is 20.7 Å². The number of hydrogen-bond donors (Lipinski definition) is 1. The molecule has 0 aromatic heterocycles. The monoisotopic (exact) mass is 315 g/mol. The Balaban J connectivity index is 3.37. The van der Waals surface area contributed by atoms with Gasteiger partial charge in [-0.15, -0.1) is 0 Å². The van der Waals surface area contributed by atoms with Crippen molar-refractivity contribution >= 4 is 22.0 Å². The lowest BCUT2D eigenvalue weighted by Crippen LogP contribution is -2.33. The Bertz CT molecular complexity index is 680. The molecule has 7 nitrogen and oxygen atoms in total. The number of hydrogen-bond acceptors (Lipinski definition) is 5. The molecule has 0 aliphatic rings. The molecule has 0 bridgehead atoms. The third-order valence-electron chi connectivity index (χ3n) is 3.13. The van der Waals surface area contributed by atoms with Crippen LogP contribution in [0.25, 0.3) is 0 Å². The summed E-state index contributed by atoms with van der Waals surface area (Å²) in [6, 6.07) is 2.49. The molecule has 0 fully saturated rings. The molecule has 0 saturated carbocycles. The van der Waals surface area contributed by atoms with Crippen LogP contribution in [0.3, 0.4) is 0 Å². The highest BCUT2D eigenvalue weighted by atomic mass is 32.2. The van der Waals surface area contributed by atoms with E-state index < -0.39 is 28.5 Å². The first-order valence-electron chi connectivity index (χ1n) is 5.99. The van der Waals surface area contributed by atoms with Gasteiger partial charge in [-0.3, -0.25) is 4.79 Å². The Labute approximate surface area is 123 Å². The Kier molecular flexibility index (Phi) is 5.08. The second kappa shape index (κ2) is 6.23. The van der Waals surface area contributed by atoms with Crippen LogP contribution < -0.4 is 0 Å². The van der Waals surface area contributed by atoms with Gasteiger partial charge >= 0.3 is 11.9 Å². The maximum absolute atomic E-state index is 12.5. The minimum absolute atomic E-state index is 0.122. The molecule has 0 aliphatic heterocycles. The van der Waals surface area contributed by atoms with E-state index in [0.29, 0.717) is 11.1 Å². The van der Waals surface area contributed by atoms with Crippen LogP contribution in [0, 0.1) is 13.8 Å². The van der Waals surface area contributed by atoms with Crippen LogP contribution >= 0.6 is 0 Å². The Morgan fingerprint density at radius 1 is 1.29 bits per heavy atom. The van der Waals surface area contributed by atoms with Crippen molar-refractivity contribution in [1.82, 2.24) is 4.31 Å². The predicted molar refractivity (Wildman–Crippen MR) is 74.7 cm³/mol. The molecule has 1 aromatic rings. The number of aryl methyl sites for hydroxylation is 1. The van der Waals surface area contributed by atoms with Crippen molar-refractivity contribution in [2.24, 2.45) is 0 Å². The number of carboxylic acids is 1. The van der Waals surface area contributed by atoms with Gasteiger partial charge in [0.25, 0.3) is 0 Å². The minimum Gasteiger partial charge on any atom is -0.478 e. The summed E-state index contributed by atoms with van der Waals surface area (Å²) in [4.78, 5) is 22.1. The van der Waals surface area contributed by atoms with Crippen LogP contribution in [0.4, 0.5) is 0 Å². The summed E-state index contributed by atoms with van der Waals surface area (Å²) in [5, 5.41) is 9.03. The summed E-state index contributed by atoms with van der Waals surface area (Å²) in [5.41, 5.74) is 0.861. The first kappa shape index (κ1) is 17.1. The zero-order chi connectivity index (χ0) is 16.4. The fourth-order valence-electron chi connectivity index (χ4n) is 1.72. The van der Waals surface area contributed by atoms with Crippen LogP contribution in [0.1, 0.15) is 21.5 Å². The van der Waals surface area contributed by atoms with Crippen LogP contribution in [0.5, 0.6) is 0 Å². The average Bonchev–Trinajstić information content (AvgIpc) is 2.40. The second-order valence-electron chi connectivity index (χ2n) is 4.56. The Morgan fingerprint density at radius 2 is 1.86 bits per heavy atom. The highest BCUT2D eigenvalue weighted by Crippen LogP contribution is 2.23. The van der Waals surface area contributed by atoms with E-state index in [9.17, 15) is 18.0 Å². The van der Waals surface area contributed by atoms with Gasteiger partial charge in [-0.1, -0.05) is 0 Å². The SMILES string of the molecule is COC(=O)CN(C)S(=O)(=O)c1cc(C(=O)O)cc(C)c1C. The molecule has 116 valence electrons. The zero-order valence-electron chi connectivity index (χ0n) is 12.2. The second-order valence-corrected chi connectivity index (χ2v) is 6.57. The third kappa shape index (κ3) is 3.59. The van der Waals surface area contributed by atoms with Gasteiger partial charge in [0.2, 0.25) is 10.0 Å². The summed E-state index contributed by atoms with van der Waals surface area (Å²) < 4.78 is 30.2. The standard InChI is InChI=1S/C13H17NO6S/c1-8-5-10(13(16)17)6-11(9(8)2)21(18,19)14(3)7-12(15)20-4/h5-6H,7H2,1-4H3,(H,16,17). The number of rotatable bonds is 5. The van der Waals surface area contributed by atoms with Gasteiger partial charge in [0.15, 0.2) is 0 Å². The summed E-state index contributed by atoms with van der Waals surface area (Å²) in [5.74, 6) is -1.92. The van der Waals surface area contributed by atoms with Gasteiger partial charge < -0.3 is 9.84 Å². The summed E-state index contributed by atoms with van der Waals surface area (Å²) in [7, 11) is -1.60. The van der Waals surface area contributed by atoms with Crippen LogP contribution in [0.15, 0.2) is 17.0 Å². The molecule has 0 saturated heterocycles. The van der Waals surface area contributed by atoms with Crippen molar-refractivity contribution in [2.45, 2.75) is 18.7 Å². The molecule has 0 aliphatic carbocycles. The highest BCUT2D eigenvalue weighted by Gasteiger charge is 2.26. The van der Waals surface area contributed by atoms with Gasteiger partial charge in [-0.05, 0) is 37.1 Å². The molecule has 8 heteroatoms. The van der Waals surface area contributed by atoms with E-state index in [0.717, 1.165) is 17.5 Å². The Hall–Kier alpha value is -1.93. The molecule has 1 rings (SSSR count). The quantitative estimate of drug-likeness (QED) is 0.806. The van der Waals surface area contributed by atoms with E-state index >= 15 is 0 Å². The van der Waals surface area contributed by atoms with Crippen molar-refractivity contribution in [1.29, 1.82) is 0 Å². The number of aromatic carboxylic acids is 1. The molecular weight excluding hydrogens is 298 g/mol. The number of benzene rings is 1. The lowest BCUT2D eigenvalue weighted by atomic mass is 10.1. The summed E-state index contributed by atoms with van der Waals surface area (Å²) >= 11 is 0. The van der Waals surface area contributed by atoms with Gasteiger partial charge in [0.05, 0.1) is 17.6 Å². The lowest BCUT2D eigenvalue weighted by Gasteiger charge is -2.18. The van der Waals surface area contributed by atoms with E-state index in [1.807, 2.05) is 0 Å². The summed E-state index contributed by atoms with van der Waals surface area (Å²) in [6.07, 6.45) is 0. The van der Waals surface area contributed by atoms with Crippen molar-refractivity contribution in [3.05, 3.63) is 28.8 Å². The number of carbonyl (C=O) groups excluding carboxylic acids is 1. The molecular formula is C13H17NO6S. The van der Waals surface area contributed by atoms with Crippen molar-refractivity contribution in [3.8, 4) is 0 Å². The third-order valence-corrected chi connectivity index (χ3v) is 5.06. The number of carbonyl (C=O) groups is 2. The van der Waals surface area contributed by atoms with E-state index in [1.165, 1.54) is 13.1 Å². The molecule has 21 heavy (non-hydrogen) atoms. The topological polar surface area (TPSA) is 101 Å². The lowest BCUT2D eigenvalue weighted by molar-refractivity contribution is -0.140. The molecule has 0 unspecified atom stereocenters. The minimum atomic E-state index is -3.98. The molecule has 1 aromatic carbocycles. The number of ether oxygens (including phenoxy) is 1. The fraction of sp³-hybridized carbons (Fsp3) is 0.385. The number of esters is 1. The predicted octanol–water partition coefficient (Wildman–Crippen LogP) is 0.795. The highest BCUT2D eigenvalue weighted by molar-refractivity contribution is 7.89. The molecule has 0 spiro atoms. The largest absolute Gasteiger partial charge is 0.478 e. The van der Waals surface area contributed by atoms with E-state index in [4.69, 9.17) is 5.11 Å². The first-order chi connectivity index (χ1) is 9.61. The van der Waals surface area contributed by atoms with E-state index in [-0.39, 0.29) is 10.5 Å². The summed E-state index contributed by atoms with van der Waals surface area (Å²) in [6.45, 7) is 2.76. The van der Waals surface area contributed by atoms with Gasteiger partial charge in [0.1, 0.15) is 6.54 Å². The molecule has 0 atom stereocenters. The maximum atomic E-state index is 12.5. The van der Waals surface area contributed by atoms with Crippen LogP contribution in [0.2, 0.25) is 0 Å². The van der Waals surface area contributed by atoms with Gasteiger partial charge in [0, 0.05) is 7.05 Å². The average molecular weight is 315 g/mol. The molecule has 0 amide bonds. The molecule has 0 heterocycles. The van der Waals surface area contributed by atoms with Crippen molar-refractivity contribution < 1.29 is 27.9 Å². The Morgan fingerprint density at radius 3 is 2.33 bits per heavy atom. The smallest absolute Gasteiger partial charge is 0.335 e. The van der Waals surface area contributed by atoms with Crippen LogP contribution in [-0.4, -0.2) is 50.5 Å². The van der Waals surface area contributed by atoms with E-state index in [1.54, 1.807) is 13.8 Å². The van der Waals surface area contributed by atoms with E-state index in [2.05, 4.69) is 4.74 Å². The zero-order valence-corrected chi connectivity index (χ0v) is 13.0. The first-order valence-corrected chi connectivity index (χ1v) is 7.43. The number of nitrogens with zero attached hydrogens (tertiary/aromatic N) is 1. The molecule has 1 N–H and O–H groups in total. The van der Waals surface area contributed by atoms with Gasteiger partial charge in [-0.25, -0.2) is 13.2 Å². The van der Waals surface area contributed by atoms with Crippen molar-refractivity contribution in [3.63, 3.8) is 0 Å². The number of sulfonamides is 1. The molecule has 0 radical (unpaired) electrons. The normalized spacial score (nSPS) is 11.5. The number of methoxy groups -OCH3 is 1. The van der Waals surface area contributed by atoms with Crippen LogP contribution in [-0.2, 0) is 19.6 Å².